The molecule has 3 aromatic carbocycles. The predicted molar refractivity (Wildman–Crippen MR) is 231 cm³/mol. The molecule has 0 spiro atoms. The molecule has 4 atom stereocenters. The largest absolute Gasteiger partial charge is 0.451 e. The monoisotopic (exact) mass is 787 g/mol. The zero-order valence-electron chi connectivity index (χ0n) is 33.7. The molecule has 5 rings (SSSR count). The average Bonchev–Trinajstić information content (AvgIpc) is 3.64. The van der Waals surface area contributed by atoms with Gasteiger partial charge in [0, 0.05) is 69.3 Å². The van der Waals surface area contributed by atoms with E-state index < -0.39 is 0 Å². The number of amides is 2. The maximum Gasteiger partial charge on any atom is 0.289 e. The number of unbranched alkanes of at least 4 members (excludes halogenated alkanes) is 1. The number of furan rings is 1. The van der Waals surface area contributed by atoms with Crippen molar-refractivity contribution in [1.82, 2.24) is 25.8 Å². The van der Waals surface area contributed by atoms with E-state index in [4.69, 9.17) is 15.9 Å². The third-order valence-electron chi connectivity index (χ3n) is 10.9. The predicted octanol–water partition coefficient (Wildman–Crippen LogP) is 5.78. The highest BCUT2D eigenvalue weighted by atomic mass is 35.5. The summed E-state index contributed by atoms with van der Waals surface area (Å²) in [7, 11) is 1.84. The Balaban J connectivity index is 0.00000696. The van der Waals surface area contributed by atoms with Gasteiger partial charge < -0.3 is 41.6 Å². The molecular formula is C45H66ClN7O3. The van der Waals surface area contributed by atoms with E-state index in [9.17, 15) is 9.59 Å². The minimum Gasteiger partial charge on any atom is -0.451 e. The number of carbonyl (C=O) groups excluding carboxylic acids is 2. The molecule has 1 saturated heterocycles. The van der Waals surface area contributed by atoms with Gasteiger partial charge in [0.05, 0.1) is 6.04 Å². The minimum absolute atomic E-state index is 0. The van der Waals surface area contributed by atoms with Gasteiger partial charge in [-0.05, 0) is 80.7 Å². The van der Waals surface area contributed by atoms with Crippen LogP contribution in [0.2, 0.25) is 0 Å². The molecule has 0 unspecified atom stereocenters. The second-order valence-electron chi connectivity index (χ2n) is 15.8. The van der Waals surface area contributed by atoms with E-state index in [2.05, 4.69) is 84.4 Å². The highest BCUT2D eigenvalue weighted by Crippen LogP contribution is 2.23. The van der Waals surface area contributed by atoms with Gasteiger partial charge in [-0.25, -0.2) is 0 Å². The van der Waals surface area contributed by atoms with Crippen LogP contribution in [0, 0.1) is 5.92 Å². The zero-order chi connectivity index (χ0) is 39.0. The molecule has 0 aliphatic carbocycles. The smallest absolute Gasteiger partial charge is 0.289 e. The van der Waals surface area contributed by atoms with Gasteiger partial charge in [0.1, 0.15) is 5.58 Å². The Morgan fingerprint density at radius 2 is 1.43 bits per heavy atom. The van der Waals surface area contributed by atoms with Gasteiger partial charge in [0.15, 0.2) is 5.76 Å². The van der Waals surface area contributed by atoms with E-state index in [1.54, 1.807) is 4.90 Å². The number of hydrogen-bond donors (Lipinski definition) is 5. The summed E-state index contributed by atoms with van der Waals surface area (Å²) in [6, 6.07) is 30.7. The van der Waals surface area contributed by atoms with E-state index in [0.29, 0.717) is 43.4 Å². The lowest BCUT2D eigenvalue weighted by Gasteiger charge is -2.38. The normalized spacial score (nSPS) is 15.6. The Bertz CT molecular complexity index is 1680. The molecule has 1 aliphatic heterocycles. The molecule has 11 heteroatoms. The average molecular weight is 789 g/mol. The van der Waals surface area contributed by atoms with Crippen molar-refractivity contribution >= 4 is 35.2 Å². The molecule has 306 valence electrons. The fourth-order valence-corrected chi connectivity index (χ4v) is 7.75. The lowest BCUT2D eigenvalue weighted by Crippen LogP contribution is -2.55. The number of nitrogens with one attached hydrogen (secondary N) is 3. The van der Waals surface area contributed by atoms with Crippen LogP contribution in [0.4, 0.5) is 0 Å². The summed E-state index contributed by atoms with van der Waals surface area (Å²) < 4.78 is 5.86. The summed E-state index contributed by atoms with van der Waals surface area (Å²) in [4.78, 5) is 31.2. The van der Waals surface area contributed by atoms with Crippen LogP contribution in [0.15, 0.2) is 95.4 Å². The number of likely N-dealkylation sites (tertiary alicyclic amines) is 1. The third kappa shape index (κ3) is 14.0. The van der Waals surface area contributed by atoms with Crippen LogP contribution < -0.4 is 27.4 Å². The minimum atomic E-state index is -0.288. The Morgan fingerprint density at radius 3 is 2.07 bits per heavy atom. The van der Waals surface area contributed by atoms with E-state index in [1.165, 1.54) is 11.1 Å². The van der Waals surface area contributed by atoms with E-state index >= 15 is 0 Å². The van der Waals surface area contributed by atoms with Crippen molar-refractivity contribution in [3.8, 4) is 0 Å². The molecule has 2 amide bonds. The fraction of sp³-hybridized carbons (Fsp3) is 0.511. The molecule has 1 aromatic heterocycles. The van der Waals surface area contributed by atoms with E-state index in [1.807, 2.05) is 48.3 Å². The highest BCUT2D eigenvalue weighted by molar-refractivity contribution is 5.96. The summed E-state index contributed by atoms with van der Waals surface area (Å²) in [5.74, 6) is 0.858. The Kier molecular flexibility index (Phi) is 18.8. The number of para-hydroxylation sites is 1. The standard InChI is InChI=1S/C45H65N7O3.ClH/c1-33(2)26-38(49-31-39(28-35-16-8-5-9-17-35)48-30-37(47)27-34-14-6-4-7-15-34)32-50-41(19-12-13-23-46)44(53)52-24-21-40(22-25-52)51(3)45(54)43-29-36-18-10-11-20-42(36)55-43;/h4-11,14-18,20,29,33,37-41,48-50H,12-13,19,21-28,30-32,46-47H2,1-3H3;1H/t37-,38-,39-,41-;/m1./s1. The number of fused-ring (bicyclic) bond motifs is 1. The first-order chi connectivity index (χ1) is 26.7. The molecule has 4 aromatic rings. The summed E-state index contributed by atoms with van der Waals surface area (Å²) in [5, 5.41) is 12.3. The van der Waals surface area contributed by atoms with Crippen LogP contribution in [0.25, 0.3) is 11.0 Å². The number of piperidine rings is 1. The van der Waals surface area contributed by atoms with Crippen LogP contribution in [-0.2, 0) is 17.6 Å². The number of nitrogens with two attached hydrogens (primary N) is 2. The molecule has 56 heavy (non-hydrogen) atoms. The Morgan fingerprint density at radius 1 is 0.821 bits per heavy atom. The van der Waals surface area contributed by atoms with Crippen molar-refractivity contribution in [1.29, 1.82) is 0 Å². The summed E-state index contributed by atoms with van der Waals surface area (Å²) in [6.45, 7) is 8.54. The van der Waals surface area contributed by atoms with Gasteiger partial charge >= 0.3 is 0 Å². The lowest BCUT2D eigenvalue weighted by molar-refractivity contribution is -0.135. The topological polar surface area (TPSA) is 142 Å². The zero-order valence-corrected chi connectivity index (χ0v) is 34.5. The van der Waals surface area contributed by atoms with Crippen molar-refractivity contribution in [3.63, 3.8) is 0 Å². The van der Waals surface area contributed by atoms with Gasteiger partial charge in [0.25, 0.3) is 5.91 Å². The maximum atomic E-state index is 14.1. The van der Waals surface area contributed by atoms with Gasteiger partial charge in [-0.2, -0.15) is 0 Å². The number of benzene rings is 3. The SMILES string of the molecule is CC(C)C[C@H](CN[C@H](CCCCN)C(=O)N1CCC(N(C)C(=O)c2cc3ccccc3o2)CC1)NC[C@@H](Cc1ccccc1)NC[C@H](N)Cc1ccccc1.Cl. The molecule has 7 N–H and O–H groups in total. The van der Waals surface area contributed by atoms with Crippen LogP contribution in [-0.4, -0.2) is 98.1 Å². The molecular weight excluding hydrogens is 722 g/mol. The van der Waals surface area contributed by atoms with Crippen LogP contribution in [0.1, 0.15) is 74.1 Å². The van der Waals surface area contributed by atoms with Crippen molar-refractivity contribution in [2.24, 2.45) is 17.4 Å². The molecule has 0 saturated carbocycles. The molecule has 2 heterocycles. The first-order valence-corrected chi connectivity index (χ1v) is 20.5. The lowest BCUT2D eigenvalue weighted by atomic mass is 9.99. The van der Waals surface area contributed by atoms with Gasteiger partial charge in [0.2, 0.25) is 5.91 Å². The third-order valence-corrected chi connectivity index (χ3v) is 10.9. The maximum absolute atomic E-state index is 14.1. The molecule has 0 bridgehead atoms. The van der Waals surface area contributed by atoms with Crippen LogP contribution in [0.3, 0.4) is 0 Å². The number of halogens is 1. The summed E-state index contributed by atoms with van der Waals surface area (Å²) >= 11 is 0. The second-order valence-corrected chi connectivity index (χ2v) is 15.8. The van der Waals surface area contributed by atoms with Crippen LogP contribution >= 0.6 is 12.4 Å². The van der Waals surface area contributed by atoms with Crippen LogP contribution in [0.5, 0.6) is 0 Å². The molecule has 1 aliphatic rings. The van der Waals surface area contributed by atoms with Gasteiger partial charge in [-0.15, -0.1) is 12.4 Å². The molecule has 1 fully saturated rings. The Labute approximate surface area is 340 Å². The van der Waals surface area contributed by atoms with Crippen molar-refractivity contribution in [3.05, 3.63) is 108 Å². The first-order valence-electron chi connectivity index (χ1n) is 20.5. The summed E-state index contributed by atoms with van der Waals surface area (Å²) in [6.07, 6.45) is 6.68. The number of hydrogen-bond acceptors (Lipinski definition) is 8. The van der Waals surface area contributed by atoms with Crippen molar-refractivity contribution in [2.45, 2.75) is 95.4 Å². The number of rotatable bonds is 22. The summed E-state index contributed by atoms with van der Waals surface area (Å²) in [5.41, 5.74) is 15.7. The Hall–Kier alpha value is -3.77. The van der Waals surface area contributed by atoms with Gasteiger partial charge in [-0.1, -0.05) is 99.1 Å². The number of carbonyl (C=O) groups is 2. The quantitative estimate of drug-likeness (QED) is 0.0632. The fourth-order valence-electron chi connectivity index (χ4n) is 7.75. The first kappa shape index (κ1) is 44.9. The van der Waals surface area contributed by atoms with E-state index in [0.717, 1.165) is 69.8 Å². The second kappa shape index (κ2) is 23.5. The van der Waals surface area contributed by atoms with E-state index in [-0.39, 0.29) is 54.4 Å². The van der Waals surface area contributed by atoms with Crippen molar-refractivity contribution < 1.29 is 14.0 Å². The highest BCUT2D eigenvalue weighted by Gasteiger charge is 2.32. The van der Waals surface area contributed by atoms with Crippen molar-refractivity contribution in [2.75, 3.05) is 46.3 Å². The molecule has 10 nitrogen and oxygen atoms in total. The number of nitrogens with zero attached hydrogens (tertiary/aromatic N) is 2. The molecule has 0 radical (unpaired) electrons. The van der Waals surface area contributed by atoms with Gasteiger partial charge in [-0.3, -0.25) is 9.59 Å².